The van der Waals surface area contributed by atoms with Crippen LogP contribution in [-0.2, 0) is 13.6 Å². The van der Waals surface area contributed by atoms with Crippen molar-refractivity contribution in [1.82, 2.24) is 0 Å². The Morgan fingerprint density at radius 1 is 1.24 bits per heavy atom. The van der Waals surface area contributed by atoms with E-state index in [0.29, 0.717) is 6.42 Å². The average Bonchev–Trinajstić information content (AvgIpc) is 2.40. The van der Waals surface area contributed by atoms with E-state index in [-0.39, 0.29) is 5.73 Å². The Kier molecular flexibility index (Phi) is 5.16. The molecule has 0 fully saturated rings. The van der Waals surface area contributed by atoms with Gasteiger partial charge in [0.15, 0.2) is 5.73 Å². The number of nitriles is 1. The van der Waals surface area contributed by atoms with Gasteiger partial charge in [-0.1, -0.05) is 37.3 Å². The number of benzene rings is 1. The first-order valence-corrected chi connectivity index (χ1v) is 7.35. The lowest BCUT2D eigenvalue weighted by molar-refractivity contribution is 0.141. The Hall–Kier alpha value is -1.35. The van der Waals surface area contributed by atoms with Gasteiger partial charge in [0.1, 0.15) is 0 Å². The zero-order valence-electron chi connectivity index (χ0n) is 10.3. The molecular weight excluding hydrogens is 234 g/mol. The van der Waals surface area contributed by atoms with Crippen molar-refractivity contribution >= 4 is 13.7 Å². The molecular formula is C12H17NO3Si. The second-order valence-corrected chi connectivity index (χ2v) is 6.92. The highest BCUT2D eigenvalue weighted by Gasteiger charge is 2.48. The molecule has 0 saturated heterocycles. The standard InChI is InChI=1S/C12H17NO3Si/c1-4-12(16-10-13)17(14-2,15-3)11-8-6-5-7-9-11/h5-9,12H,4H2,1-3H3. The zero-order valence-corrected chi connectivity index (χ0v) is 11.3. The van der Waals surface area contributed by atoms with E-state index in [1.807, 2.05) is 37.3 Å². The molecule has 0 saturated carbocycles. The summed E-state index contributed by atoms with van der Waals surface area (Å²) in [6.07, 6.45) is 2.40. The smallest absolute Gasteiger partial charge is 0.415 e. The number of hydrogen-bond acceptors (Lipinski definition) is 4. The van der Waals surface area contributed by atoms with Gasteiger partial charge in [-0.25, -0.2) is 0 Å². The molecule has 0 aliphatic carbocycles. The molecule has 1 rings (SSSR count). The molecule has 0 amide bonds. The van der Waals surface area contributed by atoms with Gasteiger partial charge in [-0.15, -0.1) is 0 Å². The lowest BCUT2D eigenvalue weighted by Gasteiger charge is -2.32. The average molecular weight is 251 g/mol. The molecule has 0 N–H and O–H groups in total. The van der Waals surface area contributed by atoms with Crippen molar-refractivity contribution in [2.45, 2.75) is 19.1 Å². The van der Waals surface area contributed by atoms with Crippen LogP contribution in [0.4, 0.5) is 0 Å². The van der Waals surface area contributed by atoms with Crippen LogP contribution in [0.1, 0.15) is 13.3 Å². The highest BCUT2D eigenvalue weighted by atomic mass is 28.4. The van der Waals surface area contributed by atoms with E-state index < -0.39 is 8.56 Å². The molecule has 0 spiro atoms. The maximum atomic E-state index is 8.71. The SMILES string of the molecule is CCC(OC#N)[Si](OC)(OC)c1ccccc1. The predicted octanol–water partition coefficient (Wildman–Crippen LogP) is 1.44. The van der Waals surface area contributed by atoms with Crippen LogP contribution in [0.15, 0.2) is 30.3 Å². The van der Waals surface area contributed by atoms with Crippen LogP contribution in [0.2, 0.25) is 0 Å². The Morgan fingerprint density at radius 3 is 2.24 bits per heavy atom. The van der Waals surface area contributed by atoms with Gasteiger partial charge in [0.2, 0.25) is 0 Å². The van der Waals surface area contributed by atoms with Crippen LogP contribution in [0.25, 0.3) is 0 Å². The van der Waals surface area contributed by atoms with E-state index in [9.17, 15) is 0 Å². The minimum atomic E-state index is -2.71. The molecule has 5 heteroatoms. The summed E-state index contributed by atoms with van der Waals surface area (Å²) in [5.41, 5.74) is -0.343. The summed E-state index contributed by atoms with van der Waals surface area (Å²) in [5, 5.41) is 9.67. The minimum Gasteiger partial charge on any atom is -0.422 e. The first kappa shape index (κ1) is 13.7. The summed E-state index contributed by atoms with van der Waals surface area (Å²) in [4.78, 5) is 0. The van der Waals surface area contributed by atoms with Gasteiger partial charge in [0.05, 0.1) is 0 Å². The second-order valence-electron chi connectivity index (χ2n) is 3.55. The molecule has 0 bridgehead atoms. The van der Waals surface area contributed by atoms with Crippen molar-refractivity contribution in [3.63, 3.8) is 0 Å². The molecule has 1 unspecified atom stereocenters. The van der Waals surface area contributed by atoms with E-state index >= 15 is 0 Å². The second kappa shape index (κ2) is 6.40. The molecule has 92 valence electrons. The first-order chi connectivity index (χ1) is 8.25. The fraction of sp³-hybridized carbons (Fsp3) is 0.417. The lowest BCUT2D eigenvalue weighted by atomic mass is 10.4. The zero-order chi connectivity index (χ0) is 12.7. The number of nitrogens with zero attached hydrogens (tertiary/aromatic N) is 1. The summed E-state index contributed by atoms with van der Waals surface area (Å²) < 4.78 is 16.3. The van der Waals surface area contributed by atoms with Crippen LogP contribution >= 0.6 is 0 Å². The van der Waals surface area contributed by atoms with Crippen LogP contribution in [0, 0.1) is 11.5 Å². The largest absolute Gasteiger partial charge is 0.422 e. The number of ether oxygens (including phenoxy) is 1. The number of rotatable bonds is 6. The third-order valence-corrected chi connectivity index (χ3v) is 6.50. The Balaban J connectivity index is 3.17. The third-order valence-electron chi connectivity index (χ3n) is 2.77. The number of hydrogen-bond donors (Lipinski definition) is 0. The Bertz CT molecular complexity index is 373. The highest BCUT2D eigenvalue weighted by molar-refractivity contribution is 6.82. The van der Waals surface area contributed by atoms with Gasteiger partial charge < -0.3 is 13.6 Å². The van der Waals surface area contributed by atoms with Crippen molar-refractivity contribution < 1.29 is 13.6 Å². The molecule has 1 atom stereocenters. The van der Waals surface area contributed by atoms with Gasteiger partial charge in [0, 0.05) is 14.2 Å². The van der Waals surface area contributed by atoms with Crippen LogP contribution in [-0.4, -0.2) is 28.5 Å². The maximum absolute atomic E-state index is 8.71. The Morgan fingerprint density at radius 2 is 1.82 bits per heavy atom. The summed E-state index contributed by atoms with van der Waals surface area (Å²) >= 11 is 0. The van der Waals surface area contributed by atoms with Crippen LogP contribution in [0.5, 0.6) is 0 Å². The van der Waals surface area contributed by atoms with Crippen molar-refractivity contribution in [3.05, 3.63) is 30.3 Å². The van der Waals surface area contributed by atoms with Gasteiger partial charge in [0.25, 0.3) is 6.26 Å². The van der Waals surface area contributed by atoms with Gasteiger partial charge in [-0.2, -0.15) is 5.26 Å². The summed E-state index contributed by atoms with van der Waals surface area (Å²) in [7, 11) is 0.492. The molecule has 0 aromatic heterocycles. The monoisotopic (exact) mass is 251 g/mol. The van der Waals surface area contributed by atoms with E-state index in [0.717, 1.165) is 5.19 Å². The van der Waals surface area contributed by atoms with Crippen LogP contribution in [0.3, 0.4) is 0 Å². The lowest BCUT2D eigenvalue weighted by Crippen LogP contribution is -2.62. The van der Waals surface area contributed by atoms with Crippen molar-refractivity contribution in [2.24, 2.45) is 0 Å². The fourth-order valence-corrected chi connectivity index (χ4v) is 4.87. The maximum Gasteiger partial charge on any atom is 0.415 e. The first-order valence-electron chi connectivity index (χ1n) is 5.45. The molecule has 0 radical (unpaired) electrons. The van der Waals surface area contributed by atoms with Crippen molar-refractivity contribution in [3.8, 4) is 6.26 Å². The normalized spacial score (nSPS) is 12.8. The summed E-state index contributed by atoms with van der Waals surface area (Å²) in [6.45, 7) is 1.95. The molecule has 1 aromatic rings. The van der Waals surface area contributed by atoms with Gasteiger partial charge >= 0.3 is 8.56 Å². The van der Waals surface area contributed by atoms with E-state index in [4.69, 9.17) is 18.9 Å². The topological polar surface area (TPSA) is 51.5 Å². The predicted molar refractivity (Wildman–Crippen MR) is 66.6 cm³/mol. The van der Waals surface area contributed by atoms with Crippen LogP contribution < -0.4 is 5.19 Å². The Labute approximate surface area is 103 Å². The van der Waals surface area contributed by atoms with E-state index in [1.54, 1.807) is 20.5 Å². The van der Waals surface area contributed by atoms with Gasteiger partial charge in [-0.05, 0) is 11.6 Å². The fourth-order valence-electron chi connectivity index (χ4n) is 1.93. The third kappa shape index (κ3) is 2.67. The highest BCUT2D eigenvalue weighted by Crippen LogP contribution is 2.17. The molecule has 0 aliphatic heterocycles. The summed E-state index contributed by atoms with van der Waals surface area (Å²) in [6, 6.07) is 9.67. The molecule has 0 heterocycles. The van der Waals surface area contributed by atoms with Crippen molar-refractivity contribution in [2.75, 3.05) is 14.2 Å². The van der Waals surface area contributed by atoms with Gasteiger partial charge in [-0.3, -0.25) is 0 Å². The van der Waals surface area contributed by atoms with E-state index in [1.165, 1.54) is 0 Å². The quantitative estimate of drug-likeness (QED) is 0.567. The minimum absolute atomic E-state index is 0.343. The molecule has 1 aromatic carbocycles. The summed E-state index contributed by atoms with van der Waals surface area (Å²) in [5.74, 6) is 0. The molecule has 17 heavy (non-hydrogen) atoms. The molecule has 0 aliphatic rings. The van der Waals surface area contributed by atoms with Crippen molar-refractivity contribution in [1.29, 1.82) is 5.26 Å². The van der Waals surface area contributed by atoms with E-state index in [2.05, 4.69) is 0 Å². The molecule has 4 nitrogen and oxygen atoms in total.